The van der Waals surface area contributed by atoms with E-state index in [1.807, 2.05) is 87.5 Å². The van der Waals surface area contributed by atoms with Gasteiger partial charge in [-0.1, -0.05) is 110 Å². The van der Waals surface area contributed by atoms with Crippen molar-refractivity contribution >= 4 is 6.09 Å². The minimum absolute atomic E-state index is 0.163. The lowest BCUT2D eigenvalue weighted by Crippen LogP contribution is -2.63. The number of benzene rings is 4. The maximum atomic E-state index is 14.9. The van der Waals surface area contributed by atoms with Gasteiger partial charge in [0.15, 0.2) is 0 Å². The molecule has 1 heterocycles. The van der Waals surface area contributed by atoms with E-state index in [-0.39, 0.29) is 38.4 Å². The maximum absolute atomic E-state index is 14.9. The molecule has 0 spiro atoms. The molecule has 1 aliphatic heterocycles. The molecule has 0 bridgehead atoms. The van der Waals surface area contributed by atoms with Crippen LogP contribution in [0.4, 0.5) is 13.6 Å². The molecule has 9 heteroatoms. The van der Waals surface area contributed by atoms with E-state index in [4.69, 9.17) is 18.9 Å². The Balaban J connectivity index is 1.42. The molecule has 2 fully saturated rings. The van der Waals surface area contributed by atoms with E-state index in [1.165, 1.54) is 18.6 Å². The topological polar surface area (TPSA) is 60.5 Å². The van der Waals surface area contributed by atoms with Crippen LogP contribution in [-0.4, -0.2) is 71.6 Å². The Bertz CT molecular complexity index is 1690. The summed E-state index contributed by atoms with van der Waals surface area (Å²) in [5.41, 5.74) is 2.83. The van der Waals surface area contributed by atoms with Gasteiger partial charge >= 0.3 is 6.09 Å². The molecule has 1 aliphatic carbocycles. The summed E-state index contributed by atoms with van der Waals surface area (Å²) in [4.78, 5) is 18.4. The number of rotatable bonds is 15. The van der Waals surface area contributed by atoms with Gasteiger partial charge in [-0.05, 0) is 74.4 Å². The number of hydrogen-bond acceptors (Lipinski definition) is 6. The molecular formula is C46H56F2N2O5. The van der Waals surface area contributed by atoms with Crippen LogP contribution in [0.1, 0.15) is 75.1 Å². The molecule has 0 unspecified atom stereocenters. The van der Waals surface area contributed by atoms with Crippen molar-refractivity contribution in [2.45, 2.75) is 115 Å². The molecule has 55 heavy (non-hydrogen) atoms. The van der Waals surface area contributed by atoms with Crippen molar-refractivity contribution in [1.82, 2.24) is 9.80 Å². The van der Waals surface area contributed by atoms with Gasteiger partial charge in [-0.15, -0.1) is 0 Å². The molecule has 1 saturated heterocycles. The summed E-state index contributed by atoms with van der Waals surface area (Å²) in [6, 6.07) is 32.7. The van der Waals surface area contributed by atoms with E-state index in [2.05, 4.69) is 29.2 Å². The highest BCUT2D eigenvalue weighted by Gasteiger charge is 2.44. The highest BCUT2D eigenvalue weighted by atomic mass is 19.1. The first kappa shape index (κ1) is 40.5. The molecule has 0 N–H and O–H groups in total. The number of carbonyl (C=O) groups excluding carboxylic acids is 1. The van der Waals surface area contributed by atoms with Crippen LogP contribution < -0.4 is 0 Å². The van der Waals surface area contributed by atoms with E-state index < -0.39 is 41.5 Å². The largest absolute Gasteiger partial charge is 0.444 e. The second-order valence-corrected chi connectivity index (χ2v) is 15.9. The lowest BCUT2D eigenvalue weighted by atomic mass is 9.92. The molecule has 4 aromatic carbocycles. The SMILES string of the molecule is CC(C)(C)OC(=O)N1C[C@H](COC2CCCCC2)OC[C@@H]1[C@@H](OCc1ccccc1)[C@H](Cc1cc(F)cc(F)c1)N(Cc1ccccc1)Cc1ccccc1. The third-order valence-corrected chi connectivity index (χ3v) is 10.3. The van der Waals surface area contributed by atoms with Crippen LogP contribution in [0.25, 0.3) is 0 Å². The molecule has 0 aromatic heterocycles. The maximum Gasteiger partial charge on any atom is 0.410 e. The zero-order valence-corrected chi connectivity index (χ0v) is 32.5. The molecule has 1 amide bonds. The predicted molar refractivity (Wildman–Crippen MR) is 210 cm³/mol. The highest BCUT2D eigenvalue weighted by molar-refractivity contribution is 5.69. The molecule has 4 aromatic rings. The number of nitrogens with zero attached hydrogens (tertiary/aromatic N) is 2. The van der Waals surface area contributed by atoms with E-state index in [9.17, 15) is 13.6 Å². The molecule has 2 aliphatic rings. The van der Waals surface area contributed by atoms with Crippen molar-refractivity contribution in [3.8, 4) is 0 Å². The zero-order valence-electron chi connectivity index (χ0n) is 32.5. The van der Waals surface area contributed by atoms with Gasteiger partial charge in [-0.3, -0.25) is 9.80 Å². The number of carbonyl (C=O) groups is 1. The van der Waals surface area contributed by atoms with Gasteiger partial charge in [0.25, 0.3) is 0 Å². The van der Waals surface area contributed by atoms with Gasteiger partial charge in [-0.2, -0.15) is 0 Å². The standard InChI is InChI=1S/C46H56F2N2O5/c1-46(2,3)55-45(51)50-30-41(32-52-40-22-14-7-15-23-40)53-33-43(50)44(54-31-36-20-12-6-13-21-36)42(26-37-24-38(47)27-39(48)25-37)49(28-34-16-8-4-9-17-34)29-35-18-10-5-11-19-35/h4-6,8-13,16-21,24-25,27,40-44H,7,14-15,22-23,26,28-33H2,1-3H3/t41-,42+,43-,44+/m1/s1. The highest BCUT2D eigenvalue weighted by Crippen LogP contribution is 2.30. The quantitative estimate of drug-likeness (QED) is 0.121. The first-order chi connectivity index (χ1) is 26.6. The molecule has 6 rings (SSSR count). The number of hydrogen-bond donors (Lipinski definition) is 0. The Labute approximate surface area is 325 Å². The molecule has 0 radical (unpaired) electrons. The number of morpholine rings is 1. The Morgan fingerprint density at radius 2 is 1.36 bits per heavy atom. The smallest absolute Gasteiger partial charge is 0.410 e. The van der Waals surface area contributed by atoms with Crippen LogP contribution in [0.15, 0.2) is 109 Å². The fourth-order valence-electron chi connectivity index (χ4n) is 7.71. The van der Waals surface area contributed by atoms with Crippen LogP contribution >= 0.6 is 0 Å². The summed E-state index contributed by atoms with van der Waals surface area (Å²) in [5.74, 6) is -1.30. The summed E-state index contributed by atoms with van der Waals surface area (Å²) < 4.78 is 55.8. The van der Waals surface area contributed by atoms with Crippen molar-refractivity contribution in [2.24, 2.45) is 0 Å². The van der Waals surface area contributed by atoms with Crippen molar-refractivity contribution < 1.29 is 32.5 Å². The van der Waals surface area contributed by atoms with E-state index in [1.54, 1.807) is 4.90 Å². The molecule has 4 atom stereocenters. The van der Waals surface area contributed by atoms with Crippen molar-refractivity contribution in [3.05, 3.63) is 143 Å². The normalized spacial score (nSPS) is 19.3. The Hall–Kier alpha value is -4.15. The third-order valence-electron chi connectivity index (χ3n) is 10.3. The van der Waals surface area contributed by atoms with Crippen LogP contribution in [0.5, 0.6) is 0 Å². The summed E-state index contributed by atoms with van der Waals surface area (Å²) >= 11 is 0. The van der Waals surface area contributed by atoms with Gasteiger partial charge < -0.3 is 18.9 Å². The second-order valence-electron chi connectivity index (χ2n) is 15.9. The first-order valence-corrected chi connectivity index (χ1v) is 19.7. The summed E-state index contributed by atoms with van der Waals surface area (Å²) in [7, 11) is 0. The average Bonchev–Trinajstić information content (AvgIpc) is 3.17. The van der Waals surface area contributed by atoms with Gasteiger partial charge in [0.1, 0.15) is 17.2 Å². The number of amides is 1. The number of ether oxygens (including phenoxy) is 4. The molecular weight excluding hydrogens is 699 g/mol. The van der Waals surface area contributed by atoms with Gasteiger partial charge in [-0.25, -0.2) is 13.6 Å². The fourth-order valence-corrected chi connectivity index (χ4v) is 7.71. The molecule has 294 valence electrons. The summed E-state index contributed by atoms with van der Waals surface area (Å²) in [6.07, 6.45) is 4.51. The Morgan fingerprint density at radius 3 is 1.93 bits per heavy atom. The van der Waals surface area contributed by atoms with Gasteiger partial charge in [0.2, 0.25) is 0 Å². The molecule has 1 saturated carbocycles. The van der Waals surface area contributed by atoms with Crippen LogP contribution in [0, 0.1) is 11.6 Å². The monoisotopic (exact) mass is 754 g/mol. The minimum atomic E-state index is -0.750. The first-order valence-electron chi connectivity index (χ1n) is 19.7. The predicted octanol–water partition coefficient (Wildman–Crippen LogP) is 9.52. The van der Waals surface area contributed by atoms with Crippen molar-refractivity contribution in [2.75, 3.05) is 19.8 Å². The van der Waals surface area contributed by atoms with Crippen LogP contribution in [-0.2, 0) is 45.1 Å². The fraction of sp³-hybridized carbons (Fsp3) is 0.457. The minimum Gasteiger partial charge on any atom is -0.444 e. The summed E-state index contributed by atoms with van der Waals surface area (Å²) in [6.45, 7) is 7.63. The van der Waals surface area contributed by atoms with Crippen LogP contribution in [0.3, 0.4) is 0 Å². The van der Waals surface area contributed by atoms with Crippen LogP contribution in [0.2, 0.25) is 0 Å². The Morgan fingerprint density at radius 1 is 0.800 bits per heavy atom. The van der Waals surface area contributed by atoms with E-state index >= 15 is 0 Å². The zero-order chi connectivity index (χ0) is 38.6. The lowest BCUT2D eigenvalue weighted by molar-refractivity contribution is -0.151. The average molecular weight is 755 g/mol. The summed E-state index contributed by atoms with van der Waals surface area (Å²) in [5, 5.41) is 0. The van der Waals surface area contributed by atoms with E-state index in [0.717, 1.165) is 48.4 Å². The second kappa shape index (κ2) is 19.6. The lowest BCUT2D eigenvalue weighted by Gasteiger charge is -2.47. The number of halogens is 2. The van der Waals surface area contributed by atoms with Gasteiger partial charge in [0.05, 0.1) is 50.7 Å². The Kier molecular flexibility index (Phi) is 14.5. The van der Waals surface area contributed by atoms with Gasteiger partial charge in [0, 0.05) is 25.2 Å². The van der Waals surface area contributed by atoms with Crippen molar-refractivity contribution in [1.29, 1.82) is 0 Å². The van der Waals surface area contributed by atoms with E-state index in [0.29, 0.717) is 25.3 Å². The third kappa shape index (κ3) is 12.4. The molecule has 7 nitrogen and oxygen atoms in total. The van der Waals surface area contributed by atoms with Crippen molar-refractivity contribution in [3.63, 3.8) is 0 Å².